The van der Waals surface area contributed by atoms with E-state index in [9.17, 15) is 9.59 Å². The van der Waals surface area contributed by atoms with Crippen molar-refractivity contribution in [1.82, 2.24) is 9.80 Å². The Labute approximate surface area is 143 Å². The highest BCUT2D eigenvalue weighted by Gasteiger charge is 2.07. The van der Waals surface area contributed by atoms with Crippen molar-refractivity contribution in [3.05, 3.63) is 24.8 Å². The molecule has 0 aliphatic heterocycles. The van der Waals surface area contributed by atoms with Crippen LogP contribution in [0.25, 0.3) is 0 Å². The van der Waals surface area contributed by atoms with Gasteiger partial charge in [-0.1, -0.05) is 0 Å². The highest BCUT2D eigenvalue weighted by atomic mass is 16.6. The number of nitrogens with zero attached hydrogens (tertiary/aromatic N) is 4. The molecule has 8 heteroatoms. The van der Waals surface area contributed by atoms with E-state index in [0.29, 0.717) is 13.2 Å². The quantitative estimate of drug-likeness (QED) is 0.428. The normalized spacial score (nSPS) is 10.6. The van der Waals surface area contributed by atoms with E-state index < -0.39 is 12.2 Å². The number of hydrogen-bond donors (Lipinski definition) is 0. The van der Waals surface area contributed by atoms with Crippen LogP contribution in [0, 0.1) is 0 Å². The van der Waals surface area contributed by atoms with Gasteiger partial charge in [0.15, 0.2) is 0 Å². The van der Waals surface area contributed by atoms with Crippen LogP contribution < -0.4 is 0 Å². The summed E-state index contributed by atoms with van der Waals surface area (Å²) in [5.41, 5.74) is 0. The zero-order chi connectivity index (χ0) is 18.2. The summed E-state index contributed by atoms with van der Waals surface area (Å²) in [6.45, 7) is 7.25. The molecule has 0 N–H and O–H groups in total. The van der Waals surface area contributed by atoms with Crippen molar-refractivity contribution in [3.63, 3.8) is 0 Å². The molecule has 0 aromatic carbocycles. The molecule has 0 spiro atoms. The minimum Gasteiger partial charge on any atom is -0.449 e. The Kier molecular flexibility index (Phi) is 12.4. The fraction of sp³-hybridized carbons (Fsp3) is 0.500. The van der Waals surface area contributed by atoms with E-state index >= 15 is 0 Å². The predicted molar refractivity (Wildman–Crippen MR) is 94.1 cm³/mol. The van der Waals surface area contributed by atoms with Gasteiger partial charge in [-0.15, -0.1) is 0 Å². The summed E-state index contributed by atoms with van der Waals surface area (Å²) in [5, 5.41) is 0. The lowest BCUT2D eigenvalue weighted by molar-refractivity contribution is 0.116. The number of hydrogen-bond acceptors (Lipinski definition) is 6. The molecule has 0 bridgehead atoms. The summed E-state index contributed by atoms with van der Waals surface area (Å²) >= 11 is 0. The Morgan fingerprint density at radius 3 is 1.54 bits per heavy atom. The molecule has 24 heavy (non-hydrogen) atoms. The third kappa shape index (κ3) is 11.0. The number of unbranched alkanes of at least 4 members (excludes halogenated alkanes) is 3. The predicted octanol–water partition coefficient (Wildman–Crippen LogP) is 3.03. The fourth-order valence-corrected chi connectivity index (χ4v) is 1.50. The topological polar surface area (TPSA) is 83.8 Å². The Bertz CT molecular complexity index is 421. The fourth-order valence-electron chi connectivity index (χ4n) is 1.50. The Morgan fingerprint density at radius 2 is 1.21 bits per heavy atom. The van der Waals surface area contributed by atoms with Gasteiger partial charge in [0.05, 0.1) is 13.2 Å². The number of carbonyl (C=O) groups excluding carboxylic acids is 2. The molecule has 0 rings (SSSR count). The lowest BCUT2D eigenvalue weighted by atomic mass is 10.2. The van der Waals surface area contributed by atoms with E-state index in [0.717, 1.165) is 25.7 Å². The molecule has 0 aromatic rings. The summed E-state index contributed by atoms with van der Waals surface area (Å²) in [7, 11) is 3.16. The van der Waals surface area contributed by atoms with Crippen molar-refractivity contribution in [3.8, 4) is 0 Å². The van der Waals surface area contributed by atoms with Gasteiger partial charge in [0.1, 0.15) is 0 Å². The van der Waals surface area contributed by atoms with E-state index in [1.54, 1.807) is 14.1 Å². The summed E-state index contributed by atoms with van der Waals surface area (Å²) in [4.78, 5) is 32.6. The maximum Gasteiger partial charge on any atom is 0.413 e. The SMILES string of the molecule is C=N/C=C\N(C)C(=O)OCCCCCCOC(=O)N(C)/C=C\N=C. The van der Waals surface area contributed by atoms with Gasteiger partial charge in [0.2, 0.25) is 0 Å². The molecule has 0 saturated carbocycles. The molecule has 0 aliphatic carbocycles. The maximum atomic E-state index is 11.5. The second kappa shape index (κ2) is 14.0. The van der Waals surface area contributed by atoms with Crippen LogP contribution in [0.4, 0.5) is 9.59 Å². The van der Waals surface area contributed by atoms with Crippen LogP contribution in [-0.4, -0.2) is 62.7 Å². The van der Waals surface area contributed by atoms with Crippen molar-refractivity contribution in [1.29, 1.82) is 0 Å². The smallest absolute Gasteiger partial charge is 0.413 e. The number of aliphatic imine (C=N–C) groups is 2. The standard InChI is InChI=1S/C16H26N4O4/c1-17-9-11-19(3)15(21)23-13-7-5-6-8-14-24-16(22)20(4)12-10-18-2/h9-12H,1-2,5-8,13-14H2,3-4H3/b11-9-,12-10-. The first-order valence-corrected chi connectivity index (χ1v) is 7.57. The first-order valence-electron chi connectivity index (χ1n) is 7.57. The van der Waals surface area contributed by atoms with E-state index in [1.807, 2.05) is 0 Å². The lowest BCUT2D eigenvalue weighted by Gasteiger charge is -2.12. The first-order chi connectivity index (χ1) is 11.5. The third-order valence-electron chi connectivity index (χ3n) is 2.86. The summed E-state index contributed by atoms with van der Waals surface area (Å²) in [5.74, 6) is 0. The largest absolute Gasteiger partial charge is 0.449 e. The molecule has 0 radical (unpaired) electrons. The highest BCUT2D eigenvalue weighted by Crippen LogP contribution is 2.03. The first kappa shape index (κ1) is 21.4. The average Bonchev–Trinajstić information content (AvgIpc) is 2.59. The second-order valence-corrected chi connectivity index (χ2v) is 4.83. The molecule has 0 saturated heterocycles. The third-order valence-corrected chi connectivity index (χ3v) is 2.86. The molecule has 0 fully saturated rings. The van der Waals surface area contributed by atoms with Crippen LogP contribution >= 0.6 is 0 Å². The number of amides is 2. The van der Waals surface area contributed by atoms with E-state index in [-0.39, 0.29) is 0 Å². The Hall–Kier alpha value is -2.64. The molecule has 0 aromatic heterocycles. The van der Waals surface area contributed by atoms with Crippen LogP contribution in [0.2, 0.25) is 0 Å². The van der Waals surface area contributed by atoms with Gasteiger partial charge in [-0.2, -0.15) is 0 Å². The van der Waals surface area contributed by atoms with Crippen molar-refractivity contribution >= 4 is 25.6 Å². The van der Waals surface area contributed by atoms with Gasteiger partial charge in [0.25, 0.3) is 0 Å². The Morgan fingerprint density at radius 1 is 0.833 bits per heavy atom. The van der Waals surface area contributed by atoms with Crippen molar-refractivity contribution < 1.29 is 19.1 Å². The van der Waals surface area contributed by atoms with Crippen LogP contribution in [0.5, 0.6) is 0 Å². The van der Waals surface area contributed by atoms with Crippen LogP contribution in [0.3, 0.4) is 0 Å². The summed E-state index contributed by atoms with van der Waals surface area (Å²) < 4.78 is 10.1. The van der Waals surface area contributed by atoms with Gasteiger partial charge >= 0.3 is 12.2 Å². The molecular weight excluding hydrogens is 312 g/mol. The minimum atomic E-state index is -0.436. The van der Waals surface area contributed by atoms with E-state index in [1.165, 1.54) is 34.6 Å². The van der Waals surface area contributed by atoms with Gasteiger partial charge in [0, 0.05) is 38.9 Å². The summed E-state index contributed by atoms with van der Waals surface area (Å²) in [6.07, 6.45) is 8.16. The van der Waals surface area contributed by atoms with Crippen LogP contribution in [0.1, 0.15) is 25.7 Å². The zero-order valence-corrected chi connectivity index (χ0v) is 14.4. The minimum absolute atomic E-state index is 0.348. The van der Waals surface area contributed by atoms with Crippen molar-refractivity contribution in [2.24, 2.45) is 9.98 Å². The zero-order valence-electron chi connectivity index (χ0n) is 14.4. The monoisotopic (exact) mass is 338 g/mol. The molecule has 2 amide bonds. The summed E-state index contributed by atoms with van der Waals surface area (Å²) in [6, 6.07) is 0. The number of rotatable bonds is 11. The van der Waals surface area contributed by atoms with Crippen molar-refractivity contribution in [2.45, 2.75) is 25.7 Å². The van der Waals surface area contributed by atoms with Gasteiger partial charge in [-0.25, -0.2) is 9.59 Å². The van der Waals surface area contributed by atoms with Crippen molar-refractivity contribution in [2.75, 3.05) is 27.3 Å². The second-order valence-electron chi connectivity index (χ2n) is 4.83. The maximum absolute atomic E-state index is 11.5. The van der Waals surface area contributed by atoms with Gasteiger partial charge in [-0.05, 0) is 39.1 Å². The van der Waals surface area contributed by atoms with E-state index in [2.05, 4.69) is 23.4 Å². The van der Waals surface area contributed by atoms with E-state index in [4.69, 9.17) is 9.47 Å². The molecular formula is C16H26N4O4. The molecule has 0 aliphatic rings. The molecule has 0 atom stereocenters. The van der Waals surface area contributed by atoms with Crippen LogP contribution in [0.15, 0.2) is 34.8 Å². The van der Waals surface area contributed by atoms with Gasteiger partial charge in [-0.3, -0.25) is 19.8 Å². The van der Waals surface area contributed by atoms with Gasteiger partial charge < -0.3 is 9.47 Å². The van der Waals surface area contributed by atoms with Crippen LogP contribution in [-0.2, 0) is 9.47 Å². The molecule has 134 valence electrons. The number of ether oxygens (including phenoxy) is 2. The molecule has 0 unspecified atom stereocenters. The Balaban J connectivity index is 3.61. The number of carbonyl (C=O) groups is 2. The molecule has 8 nitrogen and oxygen atoms in total. The highest BCUT2D eigenvalue weighted by molar-refractivity contribution is 5.68. The average molecular weight is 338 g/mol. The lowest BCUT2D eigenvalue weighted by Crippen LogP contribution is -2.22. The molecule has 0 heterocycles.